The molecule has 8 atom stereocenters. The van der Waals surface area contributed by atoms with Gasteiger partial charge >= 0.3 is 5.97 Å². The number of hydrogen-bond donors (Lipinski definition) is 7. The molecule has 0 fully saturated rings. The molecule has 0 spiro atoms. The number of carbonyl (C=O) groups excluding carboxylic acids is 1. The van der Waals surface area contributed by atoms with E-state index in [1.54, 1.807) is 19.1 Å². The van der Waals surface area contributed by atoms with Crippen LogP contribution in [-0.4, -0.2) is 112 Å². The van der Waals surface area contributed by atoms with Gasteiger partial charge in [-0.1, -0.05) is 204 Å². The first-order valence-corrected chi connectivity index (χ1v) is 25.7. The van der Waals surface area contributed by atoms with Crippen LogP contribution in [0.25, 0.3) is 0 Å². The topological polar surface area (TPSA) is 186 Å². The molecule has 0 aromatic rings. The van der Waals surface area contributed by atoms with Crippen LogP contribution in [0.2, 0.25) is 0 Å². The SMILES string of the molecule is CCCCCCCCCCCCCOCC(O)CC(O)CC(O)CC(O)CC(O)CC(O)OCCCCCCCCCCCCC.COC(=O)C=CC=CC=CC=CC=CC(C)C(C)O. The van der Waals surface area contributed by atoms with Crippen LogP contribution in [0.15, 0.2) is 60.8 Å². The van der Waals surface area contributed by atoms with Gasteiger partial charge < -0.3 is 50.0 Å². The zero-order valence-corrected chi connectivity index (χ0v) is 41.9. The highest BCUT2D eigenvalue weighted by atomic mass is 16.6. The second-order valence-electron chi connectivity index (χ2n) is 17.9. The van der Waals surface area contributed by atoms with E-state index in [0.717, 1.165) is 25.7 Å². The van der Waals surface area contributed by atoms with Crippen molar-refractivity contribution >= 4 is 5.97 Å². The molecule has 0 amide bonds. The van der Waals surface area contributed by atoms with Crippen LogP contribution in [0.4, 0.5) is 0 Å². The van der Waals surface area contributed by atoms with E-state index in [-0.39, 0.29) is 56.7 Å². The van der Waals surface area contributed by atoms with Crippen LogP contribution in [0.1, 0.15) is 201 Å². The van der Waals surface area contributed by atoms with Crippen LogP contribution in [0.5, 0.6) is 0 Å². The summed E-state index contributed by atoms with van der Waals surface area (Å²) in [6.45, 7) is 9.41. The number of aliphatic hydroxyl groups is 7. The number of esters is 1. The highest BCUT2D eigenvalue weighted by Crippen LogP contribution is 2.17. The molecule has 11 heteroatoms. The first-order chi connectivity index (χ1) is 31.4. The Bertz CT molecular complexity index is 1150. The van der Waals surface area contributed by atoms with Gasteiger partial charge in [-0.25, -0.2) is 4.79 Å². The summed E-state index contributed by atoms with van der Waals surface area (Å²) in [6, 6.07) is 0. The summed E-state index contributed by atoms with van der Waals surface area (Å²) in [5, 5.41) is 70.6. The molecule has 0 aliphatic heterocycles. The Hall–Kier alpha value is -2.19. The summed E-state index contributed by atoms with van der Waals surface area (Å²) in [5.74, 6) is -0.220. The van der Waals surface area contributed by atoms with Crippen LogP contribution in [-0.2, 0) is 19.0 Å². The van der Waals surface area contributed by atoms with Gasteiger partial charge in [0, 0.05) is 32.1 Å². The van der Waals surface area contributed by atoms with Gasteiger partial charge in [-0.2, -0.15) is 0 Å². The zero-order valence-electron chi connectivity index (χ0n) is 41.9. The normalized spacial score (nSPS) is 16.0. The summed E-state index contributed by atoms with van der Waals surface area (Å²) >= 11 is 0. The third-order valence-electron chi connectivity index (χ3n) is 11.3. The standard InChI is InChI=1S/C38H78O8.C16H22O3/c1-3-5-7-9-11-13-15-17-19-21-23-25-45-32-37(43)30-35(41)28-33(39)27-34(40)29-36(42)31-38(44)46-26-24-22-20-18-16-14-12-10-8-6-4-2;1-14(15(2)17)12-10-8-6-4-5-7-9-11-13-16(18)19-3/h33-44H,3-32H2,1-2H3;4-15,17H,1-3H3. The van der Waals surface area contributed by atoms with Crippen molar-refractivity contribution in [2.75, 3.05) is 26.9 Å². The molecule has 382 valence electrons. The second-order valence-corrected chi connectivity index (χ2v) is 17.9. The van der Waals surface area contributed by atoms with Crippen molar-refractivity contribution in [2.45, 2.75) is 244 Å². The maximum absolute atomic E-state index is 10.7. The summed E-state index contributed by atoms with van der Waals surface area (Å²) in [7, 11) is 1.34. The maximum Gasteiger partial charge on any atom is 0.330 e. The summed E-state index contributed by atoms with van der Waals surface area (Å²) in [4.78, 5) is 10.7. The fourth-order valence-corrected chi connectivity index (χ4v) is 7.07. The Morgan fingerprint density at radius 2 is 0.800 bits per heavy atom. The molecule has 0 heterocycles. The Balaban J connectivity index is 0. The monoisotopic (exact) mass is 925 g/mol. The molecular weight excluding hydrogens is 825 g/mol. The van der Waals surface area contributed by atoms with Gasteiger partial charge in [0.15, 0.2) is 6.29 Å². The maximum atomic E-state index is 10.7. The lowest BCUT2D eigenvalue weighted by atomic mass is 9.98. The average Bonchev–Trinajstić information content (AvgIpc) is 3.25. The van der Waals surface area contributed by atoms with E-state index in [1.165, 1.54) is 129 Å². The second kappa shape index (κ2) is 49.7. The van der Waals surface area contributed by atoms with E-state index in [2.05, 4.69) is 18.6 Å². The van der Waals surface area contributed by atoms with Gasteiger partial charge in [-0.3, -0.25) is 0 Å². The van der Waals surface area contributed by atoms with Gasteiger partial charge in [0.25, 0.3) is 0 Å². The lowest BCUT2D eigenvalue weighted by Crippen LogP contribution is -2.30. The molecule has 0 saturated heterocycles. The molecule has 8 unspecified atom stereocenters. The molecule has 0 aliphatic carbocycles. The zero-order chi connectivity index (χ0) is 48.6. The summed E-state index contributed by atoms with van der Waals surface area (Å²) in [6.07, 6.45) is 39.6. The number of hydrogen-bond acceptors (Lipinski definition) is 11. The van der Waals surface area contributed by atoms with Gasteiger partial charge in [-0.05, 0) is 44.9 Å². The fourth-order valence-electron chi connectivity index (χ4n) is 7.07. The molecule has 0 aromatic heterocycles. The lowest BCUT2D eigenvalue weighted by Gasteiger charge is -2.22. The Morgan fingerprint density at radius 1 is 0.446 bits per heavy atom. The van der Waals surface area contributed by atoms with Gasteiger partial charge in [-0.15, -0.1) is 0 Å². The van der Waals surface area contributed by atoms with Crippen LogP contribution in [0.3, 0.4) is 0 Å². The predicted octanol–water partition coefficient (Wildman–Crippen LogP) is 10.7. The quantitative estimate of drug-likeness (QED) is 0.0101. The first-order valence-electron chi connectivity index (χ1n) is 25.7. The molecule has 0 radical (unpaired) electrons. The number of carbonyl (C=O) groups is 1. The summed E-state index contributed by atoms with van der Waals surface area (Å²) < 4.78 is 15.4. The van der Waals surface area contributed by atoms with Crippen molar-refractivity contribution in [3.05, 3.63) is 60.8 Å². The molecular formula is C54H100O11. The minimum absolute atomic E-state index is 0.000796. The van der Waals surface area contributed by atoms with E-state index >= 15 is 0 Å². The molecule has 0 aromatic carbocycles. The number of unbranched alkanes of at least 4 members (excludes halogenated alkanes) is 20. The number of ether oxygens (including phenoxy) is 3. The van der Waals surface area contributed by atoms with Crippen molar-refractivity contribution in [3.63, 3.8) is 0 Å². The average molecular weight is 925 g/mol. The van der Waals surface area contributed by atoms with E-state index in [9.17, 15) is 40.5 Å². The fraction of sp³-hybridized carbons (Fsp3) is 0.796. The molecule has 7 N–H and O–H groups in total. The van der Waals surface area contributed by atoms with Crippen LogP contribution in [0, 0.1) is 5.92 Å². The highest BCUT2D eigenvalue weighted by Gasteiger charge is 2.22. The molecule has 65 heavy (non-hydrogen) atoms. The summed E-state index contributed by atoms with van der Waals surface area (Å²) in [5.41, 5.74) is 0. The molecule has 0 bridgehead atoms. The number of allylic oxidation sites excluding steroid dienone is 8. The molecule has 0 aliphatic rings. The van der Waals surface area contributed by atoms with E-state index in [1.807, 2.05) is 49.5 Å². The van der Waals surface area contributed by atoms with Gasteiger partial charge in [0.05, 0.1) is 50.3 Å². The van der Waals surface area contributed by atoms with E-state index in [4.69, 9.17) is 9.47 Å². The third kappa shape index (κ3) is 51.1. The number of rotatable bonds is 44. The minimum atomic E-state index is -1.09. The van der Waals surface area contributed by atoms with Crippen molar-refractivity contribution in [1.29, 1.82) is 0 Å². The van der Waals surface area contributed by atoms with Crippen LogP contribution < -0.4 is 0 Å². The minimum Gasteiger partial charge on any atom is -0.466 e. The number of aliphatic hydroxyl groups excluding tert-OH is 7. The Labute approximate surface area is 397 Å². The predicted molar refractivity (Wildman–Crippen MR) is 267 cm³/mol. The smallest absolute Gasteiger partial charge is 0.330 e. The highest BCUT2D eigenvalue weighted by molar-refractivity contribution is 5.82. The largest absolute Gasteiger partial charge is 0.466 e. The van der Waals surface area contributed by atoms with Gasteiger partial charge in [0.2, 0.25) is 0 Å². The Kier molecular flexibility index (Phi) is 49.6. The van der Waals surface area contributed by atoms with Crippen LogP contribution >= 0.6 is 0 Å². The lowest BCUT2D eigenvalue weighted by molar-refractivity contribution is -0.134. The molecule has 0 rings (SSSR count). The van der Waals surface area contributed by atoms with Gasteiger partial charge in [0.1, 0.15) is 0 Å². The van der Waals surface area contributed by atoms with Crippen molar-refractivity contribution in [1.82, 2.24) is 0 Å². The van der Waals surface area contributed by atoms with Crippen molar-refractivity contribution in [2.24, 2.45) is 5.92 Å². The first kappa shape index (κ1) is 64.9. The van der Waals surface area contributed by atoms with E-state index < -0.39 is 36.8 Å². The van der Waals surface area contributed by atoms with Crippen molar-refractivity contribution in [3.8, 4) is 0 Å². The Morgan fingerprint density at radius 3 is 1.22 bits per heavy atom. The van der Waals surface area contributed by atoms with Crippen molar-refractivity contribution < 1.29 is 54.8 Å². The number of methoxy groups -OCH3 is 1. The third-order valence-corrected chi connectivity index (χ3v) is 11.3. The van der Waals surface area contributed by atoms with E-state index in [0.29, 0.717) is 13.2 Å². The molecule has 0 saturated carbocycles. The molecule has 11 nitrogen and oxygen atoms in total.